The lowest BCUT2D eigenvalue weighted by molar-refractivity contribution is 1.08. The molecule has 264 valence electrons. The van der Waals surface area contributed by atoms with Crippen molar-refractivity contribution in [2.24, 2.45) is 0 Å². The number of fused-ring (bicyclic) bond motifs is 10. The van der Waals surface area contributed by atoms with Crippen LogP contribution in [0, 0.1) is 0 Å². The molecule has 57 heavy (non-hydrogen) atoms. The molecule has 0 aliphatic rings. The van der Waals surface area contributed by atoms with Crippen molar-refractivity contribution in [2.45, 2.75) is 0 Å². The van der Waals surface area contributed by atoms with E-state index in [0.717, 1.165) is 27.6 Å². The molecule has 0 spiro atoms. The van der Waals surface area contributed by atoms with E-state index >= 15 is 0 Å². The first kappa shape index (κ1) is 32.0. The lowest BCUT2D eigenvalue weighted by atomic mass is 9.95. The van der Waals surface area contributed by atoms with Gasteiger partial charge in [-0.3, -0.25) is 0 Å². The number of hydrogen-bond donors (Lipinski definition) is 0. The third-order valence-electron chi connectivity index (χ3n) is 11.4. The molecule has 0 bridgehead atoms. The van der Waals surface area contributed by atoms with Crippen molar-refractivity contribution in [3.05, 3.63) is 188 Å². The standard InChI is InChI=1S/C53H31N3S/c1-2-13-37-28-41(27-20-32(37)10-1)52-54-51(36-24-21-35(22-25-36)43-19-9-16-33-11-5-7-17-42(33)43)55-53(56-52)46-30-40-26-23-34-12-6-8-18-44(34)48(40)50-49(46)45-29-38-14-3-4-15-39(38)31-47(45)57-50/h1-31H. The molecule has 0 aliphatic heterocycles. The van der Waals surface area contributed by atoms with Crippen LogP contribution >= 0.6 is 11.3 Å². The van der Waals surface area contributed by atoms with Crippen LogP contribution in [-0.2, 0) is 0 Å². The van der Waals surface area contributed by atoms with Crippen molar-refractivity contribution in [3.8, 4) is 45.3 Å². The van der Waals surface area contributed by atoms with Gasteiger partial charge in [-0.2, -0.15) is 0 Å². The second-order valence-corrected chi connectivity index (χ2v) is 15.8. The van der Waals surface area contributed by atoms with Gasteiger partial charge in [0.1, 0.15) is 0 Å². The Morgan fingerprint density at radius 3 is 1.63 bits per heavy atom. The zero-order chi connectivity index (χ0) is 37.5. The molecule has 2 heterocycles. The molecule has 2 aromatic heterocycles. The topological polar surface area (TPSA) is 38.7 Å². The molecule has 0 atom stereocenters. The van der Waals surface area contributed by atoms with Crippen LogP contribution in [0.5, 0.6) is 0 Å². The Morgan fingerprint density at radius 2 is 0.842 bits per heavy atom. The lowest BCUT2D eigenvalue weighted by Crippen LogP contribution is -2.01. The van der Waals surface area contributed by atoms with E-state index in [2.05, 4.69) is 188 Å². The number of rotatable bonds is 4. The molecule has 12 aromatic rings. The summed E-state index contributed by atoms with van der Waals surface area (Å²) in [6.07, 6.45) is 0. The highest BCUT2D eigenvalue weighted by Gasteiger charge is 2.21. The monoisotopic (exact) mass is 741 g/mol. The Hall–Kier alpha value is -7.27. The van der Waals surface area contributed by atoms with Crippen molar-refractivity contribution in [1.82, 2.24) is 15.0 Å². The lowest BCUT2D eigenvalue weighted by Gasteiger charge is -2.13. The van der Waals surface area contributed by atoms with Crippen LogP contribution in [0.25, 0.3) is 119 Å². The van der Waals surface area contributed by atoms with Gasteiger partial charge < -0.3 is 0 Å². The number of thiophene rings is 1. The number of aromatic nitrogens is 3. The minimum atomic E-state index is 0.643. The van der Waals surface area contributed by atoms with Gasteiger partial charge in [0.2, 0.25) is 0 Å². The van der Waals surface area contributed by atoms with E-state index < -0.39 is 0 Å². The normalized spacial score (nSPS) is 11.9. The number of hydrogen-bond acceptors (Lipinski definition) is 4. The average Bonchev–Trinajstić information content (AvgIpc) is 3.65. The SMILES string of the molecule is c1ccc2cc(-c3nc(-c4ccc(-c5cccc6ccccc56)cc4)nc(-c4cc5ccc6ccccc6c5c5sc6cc7ccccc7cc6c45)n3)ccc2c1. The molecule has 0 amide bonds. The summed E-state index contributed by atoms with van der Waals surface area (Å²) in [7, 11) is 0. The predicted octanol–water partition coefficient (Wildman–Crippen LogP) is 14.7. The van der Waals surface area contributed by atoms with Crippen molar-refractivity contribution >= 4 is 85.4 Å². The van der Waals surface area contributed by atoms with Gasteiger partial charge >= 0.3 is 0 Å². The van der Waals surface area contributed by atoms with E-state index in [-0.39, 0.29) is 0 Å². The van der Waals surface area contributed by atoms with Crippen molar-refractivity contribution in [3.63, 3.8) is 0 Å². The molecular weight excluding hydrogens is 711 g/mol. The first-order valence-corrected chi connectivity index (χ1v) is 20.1. The molecule has 4 heteroatoms. The molecule has 0 fully saturated rings. The van der Waals surface area contributed by atoms with Gasteiger partial charge in [0.15, 0.2) is 17.5 Å². The Kier molecular flexibility index (Phi) is 7.10. The van der Waals surface area contributed by atoms with Gasteiger partial charge in [0.05, 0.1) is 0 Å². The predicted molar refractivity (Wildman–Crippen MR) is 242 cm³/mol. The Balaban J connectivity index is 1.13. The van der Waals surface area contributed by atoms with Gasteiger partial charge in [-0.15, -0.1) is 11.3 Å². The summed E-state index contributed by atoms with van der Waals surface area (Å²) >= 11 is 1.86. The van der Waals surface area contributed by atoms with Gasteiger partial charge in [0.25, 0.3) is 0 Å². The summed E-state index contributed by atoms with van der Waals surface area (Å²) < 4.78 is 2.50. The molecule has 0 unspecified atom stereocenters. The maximum absolute atomic E-state index is 5.36. The summed E-state index contributed by atoms with van der Waals surface area (Å²) in [5, 5.41) is 14.6. The summed E-state index contributed by atoms with van der Waals surface area (Å²) in [4.78, 5) is 15.9. The summed E-state index contributed by atoms with van der Waals surface area (Å²) in [6, 6.07) is 67.4. The second-order valence-electron chi connectivity index (χ2n) is 14.8. The van der Waals surface area contributed by atoms with Crippen LogP contribution in [0.1, 0.15) is 0 Å². The highest BCUT2D eigenvalue weighted by molar-refractivity contribution is 7.27. The molecule has 0 aliphatic carbocycles. The summed E-state index contributed by atoms with van der Waals surface area (Å²) in [6.45, 7) is 0. The number of benzene rings is 10. The van der Waals surface area contributed by atoms with Crippen LogP contribution in [0.15, 0.2) is 188 Å². The van der Waals surface area contributed by atoms with Crippen molar-refractivity contribution in [2.75, 3.05) is 0 Å². The second kappa shape index (κ2) is 12.6. The Labute approximate surface area is 332 Å². The van der Waals surface area contributed by atoms with Gasteiger partial charge in [-0.05, 0) is 83.9 Å². The molecule has 0 saturated heterocycles. The molecule has 12 rings (SSSR count). The Bertz CT molecular complexity index is 3580. The summed E-state index contributed by atoms with van der Waals surface area (Å²) in [5.41, 5.74) is 5.26. The zero-order valence-corrected chi connectivity index (χ0v) is 31.5. The highest BCUT2D eigenvalue weighted by Crippen LogP contribution is 2.47. The van der Waals surface area contributed by atoms with Crippen molar-refractivity contribution < 1.29 is 0 Å². The van der Waals surface area contributed by atoms with E-state index in [1.807, 2.05) is 11.3 Å². The van der Waals surface area contributed by atoms with Gasteiger partial charge in [-0.25, -0.2) is 15.0 Å². The molecule has 0 N–H and O–H groups in total. The molecule has 0 radical (unpaired) electrons. The van der Waals surface area contributed by atoms with E-state index in [9.17, 15) is 0 Å². The number of nitrogens with zero attached hydrogens (tertiary/aromatic N) is 3. The van der Waals surface area contributed by atoms with E-state index in [0.29, 0.717) is 17.5 Å². The van der Waals surface area contributed by atoms with Crippen LogP contribution in [0.2, 0.25) is 0 Å². The smallest absolute Gasteiger partial charge is 0.164 e. The van der Waals surface area contributed by atoms with Crippen LogP contribution in [-0.4, -0.2) is 15.0 Å². The third-order valence-corrected chi connectivity index (χ3v) is 12.6. The maximum atomic E-state index is 5.36. The van der Waals surface area contributed by atoms with Crippen molar-refractivity contribution in [1.29, 1.82) is 0 Å². The fourth-order valence-corrected chi connectivity index (χ4v) is 9.98. The van der Waals surface area contributed by atoms with E-state index in [1.54, 1.807) is 0 Å². The average molecular weight is 742 g/mol. The Morgan fingerprint density at radius 1 is 0.298 bits per heavy atom. The summed E-state index contributed by atoms with van der Waals surface area (Å²) in [5.74, 6) is 1.95. The minimum Gasteiger partial charge on any atom is -0.208 e. The minimum absolute atomic E-state index is 0.643. The van der Waals surface area contributed by atoms with Gasteiger partial charge in [-0.1, -0.05) is 164 Å². The van der Waals surface area contributed by atoms with E-state index in [1.165, 1.54) is 74.2 Å². The van der Waals surface area contributed by atoms with Gasteiger partial charge in [0, 0.05) is 42.2 Å². The first-order valence-electron chi connectivity index (χ1n) is 19.3. The molecule has 10 aromatic carbocycles. The third kappa shape index (κ3) is 5.22. The molecule has 0 saturated carbocycles. The largest absolute Gasteiger partial charge is 0.208 e. The van der Waals surface area contributed by atoms with Crippen LogP contribution in [0.4, 0.5) is 0 Å². The first-order chi connectivity index (χ1) is 28.2. The van der Waals surface area contributed by atoms with E-state index in [4.69, 9.17) is 15.0 Å². The fraction of sp³-hybridized carbons (Fsp3) is 0. The molecule has 3 nitrogen and oxygen atoms in total. The molecular formula is C53H31N3S. The zero-order valence-electron chi connectivity index (χ0n) is 30.6. The maximum Gasteiger partial charge on any atom is 0.164 e. The quantitative estimate of drug-likeness (QED) is 0.169. The van der Waals surface area contributed by atoms with Crippen LogP contribution in [0.3, 0.4) is 0 Å². The highest BCUT2D eigenvalue weighted by atomic mass is 32.1. The van der Waals surface area contributed by atoms with Crippen LogP contribution < -0.4 is 0 Å². The fourth-order valence-electron chi connectivity index (χ4n) is 8.65.